The molecule has 22 heavy (non-hydrogen) atoms. The van der Waals surface area contributed by atoms with Crippen molar-refractivity contribution in [2.75, 3.05) is 38.2 Å². The SMILES string of the molecule is COc1cccc(N2CCN(C(=O)[C@@H]3C=CCN3)CC2=O)c1. The number of piperazine rings is 1. The summed E-state index contributed by atoms with van der Waals surface area (Å²) in [5, 5.41) is 3.08. The Kier molecular flexibility index (Phi) is 4.11. The molecule has 1 N–H and O–H groups in total. The fraction of sp³-hybridized carbons (Fsp3) is 0.375. The molecule has 2 aliphatic heterocycles. The van der Waals surface area contributed by atoms with Crippen molar-refractivity contribution in [2.45, 2.75) is 6.04 Å². The molecule has 0 aromatic heterocycles. The summed E-state index contributed by atoms with van der Waals surface area (Å²) >= 11 is 0. The van der Waals surface area contributed by atoms with Crippen LogP contribution in [0.5, 0.6) is 5.75 Å². The van der Waals surface area contributed by atoms with E-state index in [1.165, 1.54) is 0 Å². The zero-order valence-corrected chi connectivity index (χ0v) is 12.5. The molecule has 0 radical (unpaired) electrons. The molecule has 6 heteroatoms. The Morgan fingerprint density at radius 1 is 1.36 bits per heavy atom. The van der Waals surface area contributed by atoms with Crippen molar-refractivity contribution in [3.05, 3.63) is 36.4 Å². The van der Waals surface area contributed by atoms with Crippen LogP contribution in [0.4, 0.5) is 5.69 Å². The number of amides is 2. The van der Waals surface area contributed by atoms with Gasteiger partial charge < -0.3 is 14.5 Å². The summed E-state index contributed by atoms with van der Waals surface area (Å²) in [5.74, 6) is 0.603. The molecule has 0 spiro atoms. The van der Waals surface area contributed by atoms with E-state index in [0.717, 1.165) is 5.69 Å². The third kappa shape index (κ3) is 2.82. The standard InChI is InChI=1S/C16H19N3O3/c1-22-13-5-2-4-12(10-13)19-9-8-18(11-15(19)20)16(21)14-6-3-7-17-14/h2-6,10,14,17H,7-9,11H2,1H3/t14-/m0/s1. The molecule has 2 amide bonds. The first-order valence-corrected chi connectivity index (χ1v) is 7.32. The quantitative estimate of drug-likeness (QED) is 0.821. The first kappa shape index (κ1) is 14.6. The first-order chi connectivity index (χ1) is 10.7. The Morgan fingerprint density at radius 2 is 2.23 bits per heavy atom. The van der Waals surface area contributed by atoms with E-state index in [-0.39, 0.29) is 24.4 Å². The van der Waals surface area contributed by atoms with Crippen molar-refractivity contribution in [3.63, 3.8) is 0 Å². The molecule has 6 nitrogen and oxygen atoms in total. The predicted molar refractivity (Wildman–Crippen MR) is 82.9 cm³/mol. The van der Waals surface area contributed by atoms with Gasteiger partial charge in [-0.1, -0.05) is 18.2 Å². The van der Waals surface area contributed by atoms with Gasteiger partial charge in [0.1, 0.15) is 18.3 Å². The van der Waals surface area contributed by atoms with E-state index >= 15 is 0 Å². The van der Waals surface area contributed by atoms with Gasteiger partial charge in [0.25, 0.3) is 0 Å². The van der Waals surface area contributed by atoms with Crippen molar-refractivity contribution in [3.8, 4) is 5.75 Å². The summed E-state index contributed by atoms with van der Waals surface area (Å²) in [6.45, 7) is 1.85. The number of nitrogens with zero attached hydrogens (tertiary/aromatic N) is 2. The fourth-order valence-corrected chi connectivity index (χ4v) is 2.75. The largest absolute Gasteiger partial charge is 0.497 e. The Morgan fingerprint density at radius 3 is 2.91 bits per heavy atom. The minimum Gasteiger partial charge on any atom is -0.497 e. The van der Waals surface area contributed by atoms with E-state index in [0.29, 0.717) is 25.4 Å². The minimum absolute atomic E-state index is 0.0348. The zero-order valence-electron chi connectivity index (χ0n) is 12.5. The van der Waals surface area contributed by atoms with Crippen molar-refractivity contribution in [1.29, 1.82) is 0 Å². The third-order valence-electron chi connectivity index (χ3n) is 3.95. The van der Waals surface area contributed by atoms with Crippen LogP contribution in [0.15, 0.2) is 36.4 Å². The van der Waals surface area contributed by atoms with E-state index in [4.69, 9.17) is 4.74 Å². The van der Waals surface area contributed by atoms with Crippen LogP contribution in [0.3, 0.4) is 0 Å². The van der Waals surface area contributed by atoms with Crippen LogP contribution in [0.25, 0.3) is 0 Å². The number of benzene rings is 1. The molecule has 1 aromatic carbocycles. The third-order valence-corrected chi connectivity index (χ3v) is 3.95. The second kappa shape index (κ2) is 6.19. The van der Waals surface area contributed by atoms with Crippen LogP contribution in [0.2, 0.25) is 0 Å². The van der Waals surface area contributed by atoms with Gasteiger partial charge in [-0.3, -0.25) is 14.9 Å². The van der Waals surface area contributed by atoms with Crippen molar-refractivity contribution in [2.24, 2.45) is 0 Å². The maximum absolute atomic E-state index is 12.4. The van der Waals surface area contributed by atoms with Crippen LogP contribution in [-0.4, -0.2) is 56.0 Å². The highest BCUT2D eigenvalue weighted by Crippen LogP contribution is 2.22. The Balaban J connectivity index is 1.68. The zero-order chi connectivity index (χ0) is 15.5. The molecule has 1 fully saturated rings. The predicted octanol–water partition coefficient (Wildman–Crippen LogP) is 0.398. The van der Waals surface area contributed by atoms with Gasteiger partial charge in [-0.25, -0.2) is 0 Å². The lowest BCUT2D eigenvalue weighted by atomic mass is 10.2. The number of hydrogen-bond donors (Lipinski definition) is 1. The second-order valence-corrected chi connectivity index (χ2v) is 5.32. The Labute approximate surface area is 129 Å². The van der Waals surface area contributed by atoms with Gasteiger partial charge in [0.2, 0.25) is 11.8 Å². The van der Waals surface area contributed by atoms with Gasteiger partial charge in [-0.05, 0) is 12.1 Å². The topological polar surface area (TPSA) is 61.9 Å². The minimum atomic E-state index is -0.295. The van der Waals surface area contributed by atoms with Crippen LogP contribution in [-0.2, 0) is 9.59 Å². The molecule has 1 saturated heterocycles. The summed E-state index contributed by atoms with van der Waals surface area (Å²) in [5.41, 5.74) is 0.801. The van der Waals surface area contributed by atoms with Crippen LogP contribution in [0.1, 0.15) is 0 Å². The molecule has 3 rings (SSSR count). The Hall–Kier alpha value is -2.34. The number of carbonyl (C=O) groups is 2. The van der Waals surface area contributed by atoms with E-state index in [1.807, 2.05) is 36.4 Å². The fourth-order valence-electron chi connectivity index (χ4n) is 2.75. The maximum atomic E-state index is 12.4. The average molecular weight is 301 g/mol. The van der Waals surface area contributed by atoms with E-state index in [9.17, 15) is 9.59 Å². The summed E-state index contributed by atoms with van der Waals surface area (Å²) in [6, 6.07) is 7.10. The average Bonchev–Trinajstić information content (AvgIpc) is 3.08. The van der Waals surface area contributed by atoms with Gasteiger partial charge in [-0.15, -0.1) is 0 Å². The lowest BCUT2D eigenvalue weighted by molar-refractivity contribution is -0.137. The lowest BCUT2D eigenvalue weighted by Gasteiger charge is -2.35. The van der Waals surface area contributed by atoms with Gasteiger partial charge in [0, 0.05) is 31.4 Å². The van der Waals surface area contributed by atoms with Gasteiger partial charge >= 0.3 is 0 Å². The van der Waals surface area contributed by atoms with Gasteiger partial charge in [-0.2, -0.15) is 0 Å². The van der Waals surface area contributed by atoms with Crippen LogP contribution < -0.4 is 15.0 Å². The molecule has 0 unspecified atom stereocenters. The molecule has 0 aliphatic carbocycles. The van der Waals surface area contributed by atoms with Gasteiger partial charge in [0.15, 0.2) is 0 Å². The highest BCUT2D eigenvalue weighted by atomic mass is 16.5. The molecule has 116 valence electrons. The van der Waals surface area contributed by atoms with Crippen LogP contribution in [0, 0.1) is 0 Å². The molecular formula is C16H19N3O3. The summed E-state index contributed by atoms with van der Waals surface area (Å²) in [4.78, 5) is 28.0. The maximum Gasteiger partial charge on any atom is 0.246 e. The molecular weight excluding hydrogens is 282 g/mol. The summed E-state index contributed by atoms with van der Waals surface area (Å²) in [7, 11) is 1.60. The number of carbonyl (C=O) groups excluding carboxylic acids is 2. The molecule has 0 saturated carbocycles. The normalized spacial score (nSPS) is 21.3. The van der Waals surface area contributed by atoms with Crippen molar-refractivity contribution >= 4 is 17.5 Å². The summed E-state index contributed by atoms with van der Waals surface area (Å²) < 4.78 is 5.19. The number of anilines is 1. The van der Waals surface area contributed by atoms with Crippen molar-refractivity contribution in [1.82, 2.24) is 10.2 Å². The summed E-state index contributed by atoms with van der Waals surface area (Å²) in [6.07, 6.45) is 3.78. The van der Waals surface area contributed by atoms with E-state index < -0.39 is 0 Å². The molecule has 0 bridgehead atoms. The lowest BCUT2D eigenvalue weighted by Crippen LogP contribution is -2.55. The highest BCUT2D eigenvalue weighted by Gasteiger charge is 2.31. The van der Waals surface area contributed by atoms with Crippen LogP contribution >= 0.6 is 0 Å². The Bertz CT molecular complexity index is 614. The monoisotopic (exact) mass is 301 g/mol. The molecule has 1 atom stereocenters. The van der Waals surface area contributed by atoms with Gasteiger partial charge in [0.05, 0.1) is 7.11 Å². The number of nitrogens with one attached hydrogen (secondary N) is 1. The smallest absolute Gasteiger partial charge is 0.246 e. The number of ether oxygens (including phenoxy) is 1. The molecule has 2 aliphatic rings. The second-order valence-electron chi connectivity index (χ2n) is 5.32. The van der Waals surface area contributed by atoms with E-state index in [1.54, 1.807) is 16.9 Å². The first-order valence-electron chi connectivity index (χ1n) is 7.32. The molecule has 1 aromatic rings. The number of hydrogen-bond acceptors (Lipinski definition) is 4. The molecule has 2 heterocycles. The number of methoxy groups -OCH3 is 1. The number of rotatable bonds is 3. The highest BCUT2D eigenvalue weighted by molar-refractivity contribution is 5.99. The van der Waals surface area contributed by atoms with E-state index in [2.05, 4.69) is 5.32 Å². The van der Waals surface area contributed by atoms with Crippen molar-refractivity contribution < 1.29 is 14.3 Å².